The van der Waals surface area contributed by atoms with E-state index in [1.807, 2.05) is 0 Å². The third-order valence-electron chi connectivity index (χ3n) is 8.01. The molecule has 0 bridgehead atoms. The van der Waals surface area contributed by atoms with Crippen LogP contribution < -0.4 is 33.6 Å². The van der Waals surface area contributed by atoms with Crippen molar-refractivity contribution in [3.05, 3.63) is 0 Å². The maximum absolute atomic E-state index is 12.5. The fourth-order valence-corrected chi connectivity index (χ4v) is 5.34. The maximum atomic E-state index is 12.5. The van der Waals surface area contributed by atoms with E-state index in [-0.39, 0.29) is 13.0 Å². The summed E-state index contributed by atoms with van der Waals surface area (Å²) in [5, 5.41) is 88.5. The number of carbonyl (C=O) groups is 2. The van der Waals surface area contributed by atoms with Crippen molar-refractivity contribution in [2.75, 3.05) is 26.2 Å². The summed E-state index contributed by atoms with van der Waals surface area (Å²) >= 11 is 0. The summed E-state index contributed by atoms with van der Waals surface area (Å²) < 4.78 is 22.6. The van der Waals surface area contributed by atoms with Crippen LogP contribution in [0.25, 0.3) is 0 Å². The van der Waals surface area contributed by atoms with E-state index in [4.69, 9.17) is 41.9 Å². The second kappa shape index (κ2) is 15.3. The standard InChI is InChI=1S/C24H46N6O14/c1-24(40)6-41-22(16(37)19(24)30-21(39)10(32)4-26)44-18-8(29-20(38)9(31)3-25)2-7(28)17(15(18)36)43-23-14(35)13(34)12(33)11(5-27)42-23/h7-19,22-23,31-37,40H,2-6,25-28H2,1H3,(H,29,38)(H,30,39)/t7-,8+,9-,10-,11+,12+,13-,14+,15-,16+,17+,18-,19+,22+,23+,24-/m0/s1. The van der Waals surface area contributed by atoms with Gasteiger partial charge in [0.15, 0.2) is 12.6 Å². The molecule has 16 atom stereocenters. The maximum Gasteiger partial charge on any atom is 0.250 e. The van der Waals surface area contributed by atoms with Crippen molar-refractivity contribution >= 4 is 11.8 Å². The lowest BCUT2D eigenvalue weighted by molar-refractivity contribution is -0.330. The first-order valence-electron chi connectivity index (χ1n) is 14.1. The molecule has 1 aliphatic carbocycles. The third-order valence-corrected chi connectivity index (χ3v) is 8.01. The molecule has 20 nitrogen and oxygen atoms in total. The predicted molar refractivity (Wildman–Crippen MR) is 144 cm³/mol. The SMILES string of the molecule is C[C@]1(O)CO[C@H](O[C@@H]2[C@@H](O)[C@H](O[C@H]3O[C@H](CN)[C@@H](O)[C@H](O)[C@H]3O)[C@@H](N)C[C@H]2NC(=O)[C@@H](O)CN)[C@H](O)[C@H]1NC(=O)[C@@H](O)CN. The van der Waals surface area contributed by atoms with E-state index in [1.165, 1.54) is 6.92 Å². The molecule has 0 unspecified atom stereocenters. The summed E-state index contributed by atoms with van der Waals surface area (Å²) in [6, 6.07) is -3.73. The number of aliphatic hydroxyl groups is 8. The van der Waals surface area contributed by atoms with Gasteiger partial charge in [-0.1, -0.05) is 0 Å². The number of aliphatic hydroxyl groups excluding tert-OH is 7. The number of amides is 2. The van der Waals surface area contributed by atoms with Crippen LogP contribution in [0.5, 0.6) is 0 Å². The molecule has 3 aliphatic rings. The zero-order valence-electron chi connectivity index (χ0n) is 24.0. The molecule has 3 fully saturated rings. The summed E-state index contributed by atoms with van der Waals surface area (Å²) in [5.74, 6) is -1.93. The molecule has 2 aliphatic heterocycles. The summed E-state index contributed by atoms with van der Waals surface area (Å²) in [6.45, 7) is -0.397. The van der Waals surface area contributed by atoms with E-state index < -0.39 is 129 Å². The monoisotopic (exact) mass is 642 g/mol. The fourth-order valence-electron chi connectivity index (χ4n) is 5.34. The second-order valence-electron chi connectivity index (χ2n) is 11.5. The van der Waals surface area contributed by atoms with E-state index in [0.717, 1.165) is 0 Å². The van der Waals surface area contributed by atoms with Gasteiger partial charge in [-0.25, -0.2) is 0 Å². The highest BCUT2D eigenvalue weighted by molar-refractivity contribution is 5.81. The smallest absolute Gasteiger partial charge is 0.250 e. The topological polar surface area (TPSA) is 361 Å². The molecular formula is C24H46N6O14. The van der Waals surface area contributed by atoms with Gasteiger partial charge in [0.25, 0.3) is 5.91 Å². The number of ether oxygens (including phenoxy) is 4. The van der Waals surface area contributed by atoms with E-state index in [2.05, 4.69) is 10.6 Å². The van der Waals surface area contributed by atoms with Gasteiger partial charge in [-0.3, -0.25) is 9.59 Å². The van der Waals surface area contributed by atoms with Crippen LogP contribution in [0.2, 0.25) is 0 Å². The molecule has 0 spiro atoms. The molecule has 2 amide bonds. The Labute approximate surface area is 252 Å². The number of rotatable bonds is 11. The van der Waals surface area contributed by atoms with Crippen LogP contribution in [0.15, 0.2) is 0 Å². The van der Waals surface area contributed by atoms with Gasteiger partial charge >= 0.3 is 0 Å². The Balaban J connectivity index is 1.87. The Hall–Kier alpha value is -1.70. The summed E-state index contributed by atoms with van der Waals surface area (Å²) in [5.41, 5.74) is 20.7. The number of nitrogens with one attached hydrogen (secondary N) is 2. The molecular weight excluding hydrogens is 596 g/mol. The first kappa shape index (κ1) is 36.8. The molecule has 2 saturated heterocycles. The van der Waals surface area contributed by atoms with Gasteiger partial charge in [-0.2, -0.15) is 0 Å². The van der Waals surface area contributed by atoms with Crippen molar-refractivity contribution in [3.8, 4) is 0 Å². The van der Waals surface area contributed by atoms with Crippen LogP contribution in [-0.2, 0) is 28.5 Å². The van der Waals surface area contributed by atoms with Crippen molar-refractivity contribution in [3.63, 3.8) is 0 Å². The normalized spacial score (nSPS) is 44.4. The minimum Gasteiger partial charge on any atom is -0.388 e. The highest BCUT2D eigenvalue weighted by Crippen LogP contribution is 2.32. The molecule has 2 heterocycles. The average molecular weight is 643 g/mol. The van der Waals surface area contributed by atoms with E-state index in [1.54, 1.807) is 0 Å². The van der Waals surface area contributed by atoms with Gasteiger partial charge < -0.3 is 93.4 Å². The van der Waals surface area contributed by atoms with Gasteiger partial charge in [0, 0.05) is 25.7 Å². The van der Waals surface area contributed by atoms with Crippen LogP contribution in [0, 0.1) is 0 Å². The van der Waals surface area contributed by atoms with E-state index >= 15 is 0 Å². The minimum atomic E-state index is -1.86. The number of carbonyl (C=O) groups excluding carboxylic acids is 2. The molecule has 256 valence electrons. The lowest BCUT2D eigenvalue weighted by atomic mass is 9.83. The largest absolute Gasteiger partial charge is 0.388 e. The van der Waals surface area contributed by atoms with Crippen LogP contribution in [0.4, 0.5) is 0 Å². The highest BCUT2D eigenvalue weighted by Gasteiger charge is 2.53. The zero-order valence-corrected chi connectivity index (χ0v) is 24.0. The Morgan fingerprint density at radius 3 is 2.00 bits per heavy atom. The fraction of sp³-hybridized carbons (Fsp3) is 0.917. The lowest BCUT2D eigenvalue weighted by Crippen LogP contribution is -2.71. The Morgan fingerprint density at radius 1 is 0.864 bits per heavy atom. The average Bonchev–Trinajstić information content (AvgIpc) is 2.98. The Kier molecular flexibility index (Phi) is 12.8. The molecule has 3 rings (SSSR count). The first-order chi connectivity index (χ1) is 20.6. The van der Waals surface area contributed by atoms with Crippen molar-refractivity contribution < 1.29 is 69.4 Å². The highest BCUT2D eigenvalue weighted by atomic mass is 16.7. The number of hydrogen-bond donors (Lipinski definition) is 14. The summed E-state index contributed by atoms with van der Waals surface area (Å²) in [6.07, 6.45) is -19.5. The van der Waals surface area contributed by atoms with Crippen molar-refractivity contribution in [2.45, 2.75) is 111 Å². The van der Waals surface area contributed by atoms with E-state index in [9.17, 15) is 50.4 Å². The van der Waals surface area contributed by atoms with Gasteiger partial charge in [0.1, 0.15) is 66.6 Å². The second-order valence-corrected chi connectivity index (χ2v) is 11.5. The molecule has 0 aromatic carbocycles. The van der Waals surface area contributed by atoms with Crippen LogP contribution in [0.1, 0.15) is 13.3 Å². The van der Waals surface area contributed by atoms with Gasteiger partial charge in [-0.15, -0.1) is 0 Å². The van der Waals surface area contributed by atoms with Crippen LogP contribution in [0.3, 0.4) is 0 Å². The molecule has 1 saturated carbocycles. The van der Waals surface area contributed by atoms with E-state index in [0.29, 0.717) is 0 Å². The van der Waals surface area contributed by atoms with Crippen molar-refractivity contribution in [2.24, 2.45) is 22.9 Å². The summed E-state index contributed by atoms with van der Waals surface area (Å²) in [7, 11) is 0. The zero-order chi connectivity index (χ0) is 33.1. The molecule has 44 heavy (non-hydrogen) atoms. The van der Waals surface area contributed by atoms with Crippen molar-refractivity contribution in [1.82, 2.24) is 10.6 Å². The quantitative estimate of drug-likeness (QED) is 0.0994. The van der Waals surface area contributed by atoms with Gasteiger partial charge in [0.2, 0.25) is 5.91 Å². The molecule has 18 N–H and O–H groups in total. The minimum absolute atomic E-state index is 0.187. The third kappa shape index (κ3) is 7.98. The number of nitrogens with two attached hydrogens (primary N) is 4. The first-order valence-corrected chi connectivity index (χ1v) is 14.1. The lowest BCUT2D eigenvalue weighted by Gasteiger charge is -2.49. The number of hydrogen-bond acceptors (Lipinski definition) is 18. The van der Waals surface area contributed by atoms with Crippen molar-refractivity contribution in [1.29, 1.82) is 0 Å². The molecule has 0 aromatic rings. The van der Waals surface area contributed by atoms with Gasteiger partial charge in [-0.05, 0) is 13.3 Å². The molecule has 20 heteroatoms. The van der Waals surface area contributed by atoms with Crippen LogP contribution in [-0.4, -0.2) is 176 Å². The summed E-state index contributed by atoms with van der Waals surface area (Å²) in [4.78, 5) is 24.8. The molecule has 0 aromatic heterocycles. The Bertz CT molecular complexity index is 966. The van der Waals surface area contributed by atoms with Crippen LogP contribution >= 0.6 is 0 Å². The predicted octanol–water partition coefficient (Wildman–Crippen LogP) is -9.31. The Morgan fingerprint density at radius 2 is 1.43 bits per heavy atom. The van der Waals surface area contributed by atoms with Gasteiger partial charge in [0.05, 0.1) is 18.7 Å². The molecule has 0 radical (unpaired) electrons.